The quantitative estimate of drug-likeness (QED) is 0.744. The summed E-state index contributed by atoms with van der Waals surface area (Å²) in [6, 6.07) is 5.45. The van der Waals surface area contributed by atoms with E-state index in [-0.39, 0.29) is 6.54 Å². The van der Waals surface area contributed by atoms with Gasteiger partial charge in [-0.25, -0.2) is 14.1 Å². The van der Waals surface area contributed by atoms with Crippen LogP contribution in [0.5, 0.6) is 0 Å². The molecule has 1 aliphatic heterocycles. The molecule has 134 valence electrons. The van der Waals surface area contributed by atoms with Crippen molar-refractivity contribution in [1.82, 2.24) is 29.8 Å². The maximum atomic E-state index is 13.7. The predicted molar refractivity (Wildman–Crippen MR) is 86.7 cm³/mol. The van der Waals surface area contributed by atoms with Crippen molar-refractivity contribution in [3.05, 3.63) is 36.3 Å². The lowest BCUT2D eigenvalue weighted by Gasteiger charge is -2.69. The molecule has 4 aliphatic rings. The third-order valence-electron chi connectivity index (χ3n) is 5.60. The van der Waals surface area contributed by atoms with E-state index < -0.39 is 23.0 Å². The molecule has 3 heterocycles. The SMILES string of the molecule is O=C1C(=O)N(C23CC(F)(C2)C3)CCN1Cc1cn(-c2ccccn2)nn1. The van der Waals surface area contributed by atoms with Crippen LogP contribution in [0.1, 0.15) is 25.0 Å². The molecule has 9 heteroatoms. The molecule has 2 amide bonds. The van der Waals surface area contributed by atoms with Gasteiger partial charge in [0.15, 0.2) is 5.82 Å². The van der Waals surface area contributed by atoms with Crippen LogP contribution >= 0.6 is 0 Å². The topological polar surface area (TPSA) is 84.2 Å². The van der Waals surface area contributed by atoms with E-state index in [0.29, 0.717) is 43.9 Å². The van der Waals surface area contributed by atoms with Crippen LogP contribution in [0.2, 0.25) is 0 Å². The Morgan fingerprint density at radius 1 is 1.12 bits per heavy atom. The number of piperazine rings is 1. The second kappa shape index (κ2) is 5.09. The molecular weight excluding hydrogens is 339 g/mol. The van der Waals surface area contributed by atoms with Gasteiger partial charge >= 0.3 is 11.8 Å². The normalized spacial score (nSPS) is 30.2. The van der Waals surface area contributed by atoms with Gasteiger partial charge in [-0.05, 0) is 12.1 Å². The largest absolute Gasteiger partial charge is 0.327 e. The maximum Gasteiger partial charge on any atom is 0.312 e. The summed E-state index contributed by atoms with van der Waals surface area (Å²) in [5.74, 6) is -0.460. The molecule has 2 aromatic heterocycles. The lowest BCUT2D eigenvalue weighted by molar-refractivity contribution is -0.230. The highest BCUT2D eigenvalue weighted by atomic mass is 19.1. The number of carbonyl (C=O) groups is 2. The second-order valence-electron chi connectivity index (χ2n) is 7.43. The predicted octanol–water partition coefficient (Wildman–Crippen LogP) is 0.478. The summed E-state index contributed by atoms with van der Waals surface area (Å²) in [6.07, 6.45) is 4.47. The summed E-state index contributed by atoms with van der Waals surface area (Å²) < 4.78 is 15.3. The first kappa shape index (κ1) is 15.4. The molecule has 4 fully saturated rings. The average molecular weight is 356 g/mol. The maximum absolute atomic E-state index is 13.7. The fourth-order valence-corrected chi connectivity index (χ4v) is 4.35. The number of halogens is 1. The van der Waals surface area contributed by atoms with Crippen LogP contribution in [0.4, 0.5) is 4.39 Å². The molecule has 0 unspecified atom stereocenters. The van der Waals surface area contributed by atoms with Crippen LogP contribution in [-0.4, -0.2) is 65.9 Å². The standard InChI is InChI=1S/C17H17FN6O2/c18-16-9-17(10-16,11-16)23-6-5-22(14(25)15(23)26)7-12-8-24(21-20-12)13-3-1-2-4-19-13/h1-4,8H,5-7,9-11H2. The van der Waals surface area contributed by atoms with Crippen LogP contribution in [0.15, 0.2) is 30.6 Å². The van der Waals surface area contributed by atoms with Gasteiger partial charge in [0, 0.05) is 38.5 Å². The van der Waals surface area contributed by atoms with Crippen LogP contribution in [0, 0.1) is 0 Å². The van der Waals surface area contributed by atoms with Gasteiger partial charge < -0.3 is 9.80 Å². The van der Waals surface area contributed by atoms with Crippen molar-refractivity contribution < 1.29 is 14.0 Å². The average Bonchev–Trinajstić information content (AvgIpc) is 3.05. The highest BCUT2D eigenvalue weighted by molar-refractivity contribution is 6.35. The first-order valence-corrected chi connectivity index (χ1v) is 8.61. The zero-order valence-corrected chi connectivity index (χ0v) is 14.0. The van der Waals surface area contributed by atoms with E-state index in [1.54, 1.807) is 23.4 Å². The minimum absolute atomic E-state index is 0.214. The number of alkyl halides is 1. The number of rotatable bonds is 4. The Bertz CT molecular complexity index is 878. The van der Waals surface area contributed by atoms with E-state index in [2.05, 4.69) is 15.3 Å². The molecule has 3 aliphatic carbocycles. The van der Waals surface area contributed by atoms with E-state index in [1.807, 2.05) is 12.1 Å². The van der Waals surface area contributed by atoms with Crippen LogP contribution < -0.4 is 0 Å². The molecule has 3 saturated carbocycles. The molecule has 0 N–H and O–H groups in total. The van der Waals surface area contributed by atoms with E-state index in [1.165, 1.54) is 9.58 Å². The van der Waals surface area contributed by atoms with E-state index >= 15 is 0 Å². The Morgan fingerprint density at radius 3 is 2.62 bits per heavy atom. The first-order chi connectivity index (χ1) is 12.5. The summed E-state index contributed by atoms with van der Waals surface area (Å²) in [6.45, 7) is 1.07. The van der Waals surface area contributed by atoms with Gasteiger partial charge in [-0.3, -0.25) is 9.59 Å². The van der Waals surface area contributed by atoms with Gasteiger partial charge in [0.25, 0.3) is 0 Å². The van der Waals surface area contributed by atoms with Crippen molar-refractivity contribution in [3.63, 3.8) is 0 Å². The van der Waals surface area contributed by atoms with E-state index in [9.17, 15) is 14.0 Å². The molecule has 8 nitrogen and oxygen atoms in total. The summed E-state index contributed by atoms with van der Waals surface area (Å²) in [4.78, 5) is 32.2. The smallest absolute Gasteiger partial charge is 0.312 e. The number of hydrogen-bond donors (Lipinski definition) is 0. The van der Waals surface area contributed by atoms with Gasteiger partial charge in [-0.1, -0.05) is 11.3 Å². The van der Waals surface area contributed by atoms with E-state index in [4.69, 9.17) is 0 Å². The number of carbonyl (C=O) groups excluding carboxylic acids is 2. The van der Waals surface area contributed by atoms with Gasteiger partial charge in [0.05, 0.1) is 18.3 Å². The Morgan fingerprint density at radius 2 is 1.92 bits per heavy atom. The molecule has 2 bridgehead atoms. The number of amides is 2. The summed E-state index contributed by atoms with van der Waals surface area (Å²) in [5.41, 5.74) is -0.918. The number of hydrogen-bond acceptors (Lipinski definition) is 5. The minimum Gasteiger partial charge on any atom is -0.327 e. The molecule has 0 spiro atoms. The van der Waals surface area contributed by atoms with Crippen LogP contribution in [-0.2, 0) is 16.1 Å². The molecule has 0 aromatic carbocycles. The fraction of sp³-hybridized carbons (Fsp3) is 0.471. The molecule has 1 saturated heterocycles. The zero-order valence-electron chi connectivity index (χ0n) is 14.0. The zero-order chi connectivity index (χ0) is 17.9. The van der Waals surface area contributed by atoms with Crippen molar-refractivity contribution in [2.24, 2.45) is 0 Å². The molecule has 0 atom stereocenters. The van der Waals surface area contributed by atoms with Crippen molar-refractivity contribution in [2.75, 3.05) is 13.1 Å². The van der Waals surface area contributed by atoms with Gasteiger partial charge in [-0.15, -0.1) is 5.10 Å². The highest BCUT2D eigenvalue weighted by Crippen LogP contribution is 2.66. The minimum atomic E-state index is -1.09. The molecule has 26 heavy (non-hydrogen) atoms. The Kier molecular flexibility index (Phi) is 3.02. The lowest BCUT2D eigenvalue weighted by atomic mass is 9.46. The van der Waals surface area contributed by atoms with Gasteiger partial charge in [0.2, 0.25) is 0 Å². The Labute approximate surface area is 148 Å². The van der Waals surface area contributed by atoms with Gasteiger partial charge in [-0.2, -0.15) is 0 Å². The Balaban J connectivity index is 1.27. The lowest BCUT2D eigenvalue weighted by Crippen LogP contribution is -2.79. The molecule has 2 aromatic rings. The summed E-state index contributed by atoms with van der Waals surface area (Å²) in [7, 11) is 0. The van der Waals surface area contributed by atoms with Crippen molar-refractivity contribution in [3.8, 4) is 5.82 Å². The Hall–Kier alpha value is -2.84. The van der Waals surface area contributed by atoms with Gasteiger partial charge in [0.1, 0.15) is 11.4 Å². The fourth-order valence-electron chi connectivity index (χ4n) is 4.35. The first-order valence-electron chi connectivity index (χ1n) is 8.61. The summed E-state index contributed by atoms with van der Waals surface area (Å²) >= 11 is 0. The van der Waals surface area contributed by atoms with E-state index in [0.717, 1.165) is 0 Å². The van der Waals surface area contributed by atoms with Crippen molar-refractivity contribution in [2.45, 2.75) is 37.0 Å². The third kappa shape index (κ3) is 2.16. The number of aromatic nitrogens is 4. The van der Waals surface area contributed by atoms with Crippen LogP contribution in [0.25, 0.3) is 5.82 Å². The summed E-state index contributed by atoms with van der Waals surface area (Å²) in [5, 5.41) is 8.08. The highest BCUT2D eigenvalue weighted by Gasteiger charge is 2.73. The van der Waals surface area contributed by atoms with Crippen molar-refractivity contribution >= 4 is 11.8 Å². The second-order valence-corrected chi connectivity index (χ2v) is 7.43. The monoisotopic (exact) mass is 356 g/mol. The number of pyridine rings is 1. The third-order valence-corrected chi connectivity index (χ3v) is 5.60. The molecule has 0 radical (unpaired) electrons. The number of nitrogens with zero attached hydrogens (tertiary/aromatic N) is 6. The van der Waals surface area contributed by atoms with Crippen molar-refractivity contribution in [1.29, 1.82) is 0 Å². The molecule has 6 rings (SSSR count). The molecular formula is C17H17FN6O2. The van der Waals surface area contributed by atoms with Crippen LogP contribution in [0.3, 0.4) is 0 Å².